The molecule has 0 aliphatic heterocycles. The standard InChI is InChI=1S/3C45H29N5/c1-4-16-30(17-5-1)33-22-10-13-25-37(33)49-38-26-14-11-23-34(38)35-28-29-40-41(42(35)49)36-24-12-15-27-39(36)50(40)45-47-43(31-18-6-2-7-19-31)46-44(48-45)32-20-8-3-9-21-32;1-4-15-30(16-5-1)33-21-14-22-34(29-33)49-38-25-12-10-23-35(38)36-27-28-40-41(42(36)49)37-24-11-13-26-39(37)50(40)45-47-43(31-17-6-2-7-18-31)46-44(48-45)32-19-8-3-9-20-32;1-4-14-30(15-5-1)31-24-26-34(27-25-31)49-39-23-13-11-21-37(39)41-40(49)29-28-36-35-20-10-12-22-38(35)50(42(36)41)45-47-43(32-16-6-2-7-17-32)46-44(48-45)33-18-8-3-9-19-33/h3*1-29H/i2D,6D,7D,18D,19D;2D,6D,7D,17D,18D;2D,3D,6D,7D,8D,9D,16D,17D,18D,19D. The van der Waals surface area contributed by atoms with Gasteiger partial charge in [0, 0.05) is 115 Å². The molecule has 0 bridgehead atoms. The van der Waals surface area contributed by atoms with Gasteiger partial charge in [-0.3, -0.25) is 13.7 Å². The summed E-state index contributed by atoms with van der Waals surface area (Å²) in [5.74, 6) is 0.380. The Labute approximate surface area is 889 Å². The van der Waals surface area contributed by atoms with Crippen molar-refractivity contribution in [1.82, 2.24) is 72.3 Å². The number of hydrogen-bond donors (Lipinski definition) is 0. The Morgan fingerprint density at radius 3 is 0.840 bits per heavy atom. The molecule has 0 amide bonds. The van der Waals surface area contributed by atoms with Gasteiger partial charge in [-0.2, -0.15) is 29.9 Å². The second kappa shape index (κ2) is 37.0. The predicted octanol–water partition coefficient (Wildman–Crippen LogP) is 33.2. The molecule has 0 spiro atoms. The Bertz CT molecular complexity index is 11600. The van der Waals surface area contributed by atoms with Crippen molar-refractivity contribution in [3.8, 4) is 137 Å². The first-order valence-corrected chi connectivity index (χ1v) is 48.8. The lowest BCUT2D eigenvalue weighted by atomic mass is 10.0. The van der Waals surface area contributed by atoms with E-state index < -0.39 is 96.7 Å². The molecule has 0 aliphatic rings. The molecule has 30 aromatic rings. The molecule has 0 fully saturated rings. The average molecular weight is 1940 g/mol. The van der Waals surface area contributed by atoms with Crippen LogP contribution in [0.2, 0.25) is 0 Å². The summed E-state index contributed by atoms with van der Waals surface area (Å²) in [5, 5.41) is 11.8. The van der Waals surface area contributed by atoms with Gasteiger partial charge in [0.05, 0.1) is 99.3 Å². The largest absolute Gasteiger partial charge is 0.309 e. The summed E-state index contributed by atoms with van der Waals surface area (Å²) < 4.78 is 183. The van der Waals surface area contributed by atoms with Gasteiger partial charge in [-0.15, -0.1) is 0 Å². The molecule has 150 heavy (non-hydrogen) atoms. The van der Waals surface area contributed by atoms with E-state index in [4.69, 9.17) is 67.3 Å². The van der Waals surface area contributed by atoms with Gasteiger partial charge < -0.3 is 13.7 Å². The van der Waals surface area contributed by atoms with Crippen LogP contribution in [-0.2, 0) is 0 Å². The molecule has 30 rings (SSSR count). The summed E-state index contributed by atoms with van der Waals surface area (Å²) in [6, 6.07) is 126. The number of para-hydroxylation sites is 7. The van der Waals surface area contributed by atoms with Gasteiger partial charge in [0.2, 0.25) is 17.8 Å². The fourth-order valence-corrected chi connectivity index (χ4v) is 21.1. The summed E-state index contributed by atoms with van der Waals surface area (Å²) in [6.45, 7) is 0. The van der Waals surface area contributed by atoms with E-state index >= 15 is 0 Å². The predicted molar refractivity (Wildman–Crippen MR) is 614 cm³/mol. The monoisotopic (exact) mass is 1940 g/mol. The Morgan fingerprint density at radius 1 is 0.153 bits per heavy atom. The molecule has 0 aliphatic carbocycles. The SMILES string of the molecule is [2H]c1c([2H])c([2H])c(-c2nc(-c3c([2H])c([2H])c([2H])c([2H])c3[2H])nc(-n3c4ccccc4c4ccc5c(c6ccccc6n5-c5ccc(-c6ccccc6)cc5)c43)n2)c([2H])c1[2H].[2H]c1c([2H])c([2H])c(-c2nc(-c3ccccc3)nc(-n3c4ccccc4c4c3ccc3c5ccccc5n(-c5cccc(-c6ccccc6)c5)c34)n2)c([2H])c1[2H].[2H]c1c([2H])c([2H])c(-c2nc(-c3ccccc3)nc(-n3c4ccccc4c4c3ccc3c5ccccc5n(-c5ccccc5-c5ccccc5)c34)n2)c([2H])c1[2H]. The third kappa shape index (κ3) is 15.1. The van der Waals surface area contributed by atoms with E-state index in [0.29, 0.717) is 33.8 Å². The van der Waals surface area contributed by atoms with E-state index in [2.05, 4.69) is 249 Å². The molecular weight excluding hydrogens is 1830 g/mol. The minimum Gasteiger partial charge on any atom is -0.309 e. The first kappa shape index (κ1) is 68.6. The molecule has 0 saturated heterocycles. The lowest BCUT2D eigenvalue weighted by Crippen LogP contribution is -2.06. The maximum absolute atomic E-state index is 8.84. The van der Waals surface area contributed by atoms with Crippen molar-refractivity contribution >= 4 is 131 Å². The molecule has 21 aromatic carbocycles. The quantitative estimate of drug-likeness (QED) is 0.0979. The normalized spacial score (nSPS) is 13.5. The van der Waals surface area contributed by atoms with Crippen LogP contribution in [0.15, 0.2) is 527 Å². The summed E-state index contributed by atoms with van der Waals surface area (Å²) in [7, 11) is 0. The Kier molecular flexibility index (Phi) is 16.9. The minimum absolute atomic E-state index is 0.0142. The highest BCUT2D eigenvalue weighted by Crippen LogP contribution is 2.49. The zero-order chi connectivity index (χ0) is 116. The zero-order valence-electron chi connectivity index (χ0n) is 99.4. The number of nitrogens with zero attached hydrogens (tertiary/aromatic N) is 15. The molecule has 0 unspecified atom stereocenters. The highest BCUT2D eigenvalue weighted by atomic mass is 15.2. The summed E-state index contributed by atoms with van der Waals surface area (Å²) in [4.78, 5) is 43.6. The van der Waals surface area contributed by atoms with Crippen LogP contribution in [0.4, 0.5) is 0 Å². The number of fused-ring (bicyclic) bond motifs is 21. The van der Waals surface area contributed by atoms with E-state index in [1.807, 2.05) is 190 Å². The third-order valence-electron chi connectivity index (χ3n) is 27.5. The number of aromatic nitrogens is 15. The van der Waals surface area contributed by atoms with Crippen LogP contribution >= 0.6 is 0 Å². The molecule has 0 atom stereocenters. The molecule has 0 radical (unpaired) electrons. The van der Waals surface area contributed by atoms with Gasteiger partial charge in [-0.05, 0) is 113 Å². The molecule has 15 heteroatoms. The first-order valence-electron chi connectivity index (χ1n) is 58.8. The topological polar surface area (TPSA) is 146 Å². The van der Waals surface area contributed by atoms with Crippen molar-refractivity contribution < 1.29 is 27.4 Å². The smallest absolute Gasteiger partial charge is 0.238 e. The summed E-state index contributed by atoms with van der Waals surface area (Å²) in [6.07, 6.45) is 0. The van der Waals surface area contributed by atoms with E-state index in [1.165, 1.54) is 0 Å². The number of hydrogen-bond acceptors (Lipinski definition) is 9. The van der Waals surface area contributed by atoms with Crippen molar-refractivity contribution in [3.63, 3.8) is 0 Å². The van der Waals surface area contributed by atoms with Crippen molar-refractivity contribution in [2.75, 3.05) is 0 Å². The van der Waals surface area contributed by atoms with Crippen LogP contribution in [-0.4, -0.2) is 72.3 Å². The van der Waals surface area contributed by atoms with E-state index in [1.54, 1.807) is 0 Å². The summed E-state index contributed by atoms with van der Waals surface area (Å²) in [5.41, 5.74) is 20.9. The summed E-state index contributed by atoms with van der Waals surface area (Å²) >= 11 is 0. The molecule has 9 aromatic heterocycles. The number of rotatable bonds is 15. The fourth-order valence-electron chi connectivity index (χ4n) is 21.1. The third-order valence-corrected chi connectivity index (χ3v) is 27.5. The van der Waals surface area contributed by atoms with Crippen LogP contribution in [0.25, 0.3) is 267 Å². The van der Waals surface area contributed by atoms with Crippen molar-refractivity contribution in [3.05, 3.63) is 527 Å². The van der Waals surface area contributed by atoms with Gasteiger partial charge in [0.1, 0.15) is 0 Å². The van der Waals surface area contributed by atoms with Crippen LogP contribution < -0.4 is 0 Å². The molecule has 0 saturated carbocycles. The van der Waals surface area contributed by atoms with Gasteiger partial charge in [0.25, 0.3) is 0 Å². The van der Waals surface area contributed by atoms with Crippen LogP contribution in [0, 0.1) is 0 Å². The van der Waals surface area contributed by atoms with Crippen molar-refractivity contribution in [2.24, 2.45) is 0 Å². The highest BCUT2D eigenvalue weighted by molar-refractivity contribution is 6.29. The van der Waals surface area contributed by atoms with E-state index in [9.17, 15) is 0 Å². The van der Waals surface area contributed by atoms with Gasteiger partial charge in [-0.1, -0.05) is 442 Å². The zero-order valence-corrected chi connectivity index (χ0v) is 79.4. The second-order valence-corrected chi connectivity index (χ2v) is 36.0. The maximum Gasteiger partial charge on any atom is 0.238 e. The molecule has 702 valence electrons. The lowest BCUT2D eigenvalue weighted by Gasteiger charge is -2.15. The van der Waals surface area contributed by atoms with Gasteiger partial charge in [0.15, 0.2) is 34.9 Å². The number of benzene rings is 21. The van der Waals surface area contributed by atoms with Crippen LogP contribution in [0.1, 0.15) is 27.4 Å². The maximum atomic E-state index is 8.84. The van der Waals surface area contributed by atoms with Crippen LogP contribution in [0.3, 0.4) is 0 Å². The highest BCUT2D eigenvalue weighted by Gasteiger charge is 2.30. The lowest BCUT2D eigenvalue weighted by molar-refractivity contribution is 0.953. The Balaban J connectivity index is 0.000000118. The molecule has 0 N–H and O–H groups in total. The Hall–Kier alpha value is -20.5. The molecule has 9 heterocycles. The first-order chi connectivity index (χ1) is 82.7. The Morgan fingerprint density at radius 2 is 0.433 bits per heavy atom. The molecular formula is C135H87N15. The van der Waals surface area contributed by atoms with Crippen molar-refractivity contribution in [2.45, 2.75) is 0 Å². The van der Waals surface area contributed by atoms with Gasteiger partial charge >= 0.3 is 0 Å². The minimum atomic E-state index is -0.611. The van der Waals surface area contributed by atoms with Crippen LogP contribution in [0.5, 0.6) is 0 Å². The van der Waals surface area contributed by atoms with E-state index in [-0.39, 0.29) is 87.6 Å². The fraction of sp³-hybridized carbons (Fsp3) is 0. The van der Waals surface area contributed by atoms with Crippen molar-refractivity contribution in [1.29, 1.82) is 0 Å². The average Bonchev–Trinajstić information content (AvgIpc) is 1.54. The molecule has 15 nitrogen and oxygen atoms in total. The van der Waals surface area contributed by atoms with E-state index in [0.717, 1.165) is 170 Å². The van der Waals surface area contributed by atoms with Gasteiger partial charge in [-0.25, -0.2) is 15.0 Å². The second-order valence-electron chi connectivity index (χ2n) is 36.0.